The Bertz CT molecular complexity index is 785. The molecule has 1 aromatic carbocycles. The highest BCUT2D eigenvalue weighted by atomic mass is 16.5. The predicted octanol–water partition coefficient (Wildman–Crippen LogP) is 3.06. The van der Waals surface area contributed by atoms with E-state index in [0.29, 0.717) is 23.5 Å². The van der Waals surface area contributed by atoms with E-state index in [1.54, 1.807) is 32.4 Å². The molecule has 8 nitrogen and oxygen atoms in total. The number of anilines is 1. The van der Waals surface area contributed by atoms with Crippen LogP contribution >= 0.6 is 0 Å². The molecule has 1 aliphatic rings. The normalized spacial score (nSPS) is 15.3. The summed E-state index contributed by atoms with van der Waals surface area (Å²) in [5.74, 6) is 2.40. The van der Waals surface area contributed by atoms with Crippen LogP contribution in [0.2, 0.25) is 0 Å². The van der Waals surface area contributed by atoms with Crippen LogP contribution in [0.15, 0.2) is 24.3 Å². The molecule has 0 unspecified atom stereocenters. The van der Waals surface area contributed by atoms with Crippen molar-refractivity contribution in [2.24, 2.45) is 0 Å². The summed E-state index contributed by atoms with van der Waals surface area (Å²) < 4.78 is 16.1. The van der Waals surface area contributed by atoms with Gasteiger partial charge in [0, 0.05) is 31.7 Å². The lowest BCUT2D eigenvalue weighted by molar-refractivity contribution is 0.209. The summed E-state index contributed by atoms with van der Waals surface area (Å²) in [6.45, 7) is 6.61. The first-order chi connectivity index (χ1) is 13.9. The van der Waals surface area contributed by atoms with Crippen molar-refractivity contribution in [3.05, 3.63) is 29.8 Å². The molecule has 0 atom stereocenters. The third-order valence-corrected chi connectivity index (χ3v) is 4.75. The van der Waals surface area contributed by atoms with Crippen molar-refractivity contribution in [1.82, 2.24) is 14.9 Å². The van der Waals surface area contributed by atoms with Gasteiger partial charge in [-0.3, -0.25) is 4.90 Å². The second-order valence-electron chi connectivity index (χ2n) is 7.47. The van der Waals surface area contributed by atoms with E-state index in [9.17, 15) is 5.11 Å². The van der Waals surface area contributed by atoms with E-state index < -0.39 is 0 Å². The monoisotopic (exact) mass is 402 g/mol. The zero-order valence-corrected chi connectivity index (χ0v) is 17.5. The van der Waals surface area contributed by atoms with Crippen molar-refractivity contribution in [3.63, 3.8) is 0 Å². The van der Waals surface area contributed by atoms with E-state index in [1.165, 1.54) is 0 Å². The van der Waals surface area contributed by atoms with Gasteiger partial charge in [-0.2, -0.15) is 9.97 Å². The van der Waals surface area contributed by atoms with E-state index in [4.69, 9.17) is 14.2 Å². The number of piperidine rings is 1. The summed E-state index contributed by atoms with van der Waals surface area (Å²) in [5.41, 5.74) is 1.05. The molecule has 0 aliphatic carbocycles. The predicted molar refractivity (Wildman–Crippen MR) is 111 cm³/mol. The fourth-order valence-corrected chi connectivity index (χ4v) is 3.43. The van der Waals surface area contributed by atoms with E-state index in [-0.39, 0.29) is 17.9 Å². The molecule has 0 radical (unpaired) electrons. The number of benzene rings is 1. The van der Waals surface area contributed by atoms with Gasteiger partial charge in [0.1, 0.15) is 11.5 Å². The molecule has 0 amide bonds. The highest BCUT2D eigenvalue weighted by molar-refractivity contribution is 5.38. The summed E-state index contributed by atoms with van der Waals surface area (Å²) in [4.78, 5) is 11.1. The number of phenols is 1. The largest absolute Gasteiger partial charge is 0.508 e. The summed E-state index contributed by atoms with van der Waals surface area (Å²) in [6.07, 6.45) is 2.01. The van der Waals surface area contributed by atoms with Gasteiger partial charge in [-0.15, -0.1) is 0 Å². The van der Waals surface area contributed by atoms with Crippen LogP contribution in [0.25, 0.3) is 0 Å². The van der Waals surface area contributed by atoms with Gasteiger partial charge in [0.2, 0.25) is 17.7 Å². The number of hydrogen-bond acceptors (Lipinski definition) is 8. The number of hydrogen-bond donors (Lipinski definition) is 2. The standard InChI is InChI=1S/C21H30N4O4/c1-14(2)29-18-10-15(9-17(26)11-18)13-25-7-5-16(6-8-25)22-21-23-19(27-3)12-20(24-21)28-4/h9-12,14,16,26H,5-8,13H2,1-4H3,(H,22,23,24). The molecule has 3 rings (SSSR count). The van der Waals surface area contributed by atoms with Crippen LogP contribution in [0, 0.1) is 0 Å². The molecular formula is C21H30N4O4. The third kappa shape index (κ3) is 6.12. The van der Waals surface area contributed by atoms with Crippen LogP contribution in [0.3, 0.4) is 0 Å². The van der Waals surface area contributed by atoms with Crippen LogP contribution in [0.5, 0.6) is 23.3 Å². The molecule has 8 heteroatoms. The molecule has 0 spiro atoms. The van der Waals surface area contributed by atoms with Gasteiger partial charge in [0.15, 0.2) is 0 Å². The summed E-state index contributed by atoms with van der Waals surface area (Å²) in [7, 11) is 3.14. The number of aromatic nitrogens is 2. The number of nitrogens with one attached hydrogen (secondary N) is 1. The second-order valence-corrected chi connectivity index (χ2v) is 7.47. The Hall–Kier alpha value is -2.74. The maximum absolute atomic E-state index is 9.99. The Kier molecular flexibility index (Phi) is 6.98. The zero-order valence-electron chi connectivity index (χ0n) is 17.5. The van der Waals surface area contributed by atoms with Gasteiger partial charge in [-0.25, -0.2) is 0 Å². The number of ether oxygens (including phenoxy) is 3. The summed E-state index contributed by atoms with van der Waals surface area (Å²) in [6, 6.07) is 7.39. The molecular weight excluding hydrogens is 372 g/mol. The van der Waals surface area contributed by atoms with Crippen molar-refractivity contribution >= 4 is 5.95 Å². The third-order valence-electron chi connectivity index (χ3n) is 4.75. The van der Waals surface area contributed by atoms with Gasteiger partial charge in [0.25, 0.3) is 0 Å². The molecule has 1 fully saturated rings. The summed E-state index contributed by atoms with van der Waals surface area (Å²) in [5, 5.41) is 13.4. The Labute approximate surface area is 171 Å². The maximum Gasteiger partial charge on any atom is 0.229 e. The smallest absolute Gasteiger partial charge is 0.229 e. The van der Waals surface area contributed by atoms with Crippen LogP contribution < -0.4 is 19.5 Å². The second kappa shape index (κ2) is 9.65. The van der Waals surface area contributed by atoms with Crippen molar-refractivity contribution in [2.75, 3.05) is 32.6 Å². The van der Waals surface area contributed by atoms with E-state index in [0.717, 1.165) is 38.0 Å². The number of aromatic hydroxyl groups is 1. The highest BCUT2D eigenvalue weighted by Gasteiger charge is 2.21. The minimum Gasteiger partial charge on any atom is -0.508 e. The van der Waals surface area contributed by atoms with Crippen molar-refractivity contribution in [2.45, 2.75) is 45.4 Å². The SMILES string of the molecule is COc1cc(OC)nc(NC2CCN(Cc3cc(O)cc(OC(C)C)c3)CC2)n1. The Morgan fingerprint density at radius 2 is 1.72 bits per heavy atom. The number of methoxy groups -OCH3 is 2. The van der Waals surface area contributed by atoms with Gasteiger partial charge >= 0.3 is 0 Å². The lowest BCUT2D eigenvalue weighted by Gasteiger charge is -2.32. The van der Waals surface area contributed by atoms with Crippen LogP contribution in [0.1, 0.15) is 32.3 Å². The Balaban J connectivity index is 1.55. The number of rotatable bonds is 8. The lowest BCUT2D eigenvalue weighted by Crippen LogP contribution is -2.39. The maximum atomic E-state index is 9.99. The Morgan fingerprint density at radius 3 is 2.31 bits per heavy atom. The van der Waals surface area contributed by atoms with Crippen molar-refractivity contribution in [3.8, 4) is 23.3 Å². The van der Waals surface area contributed by atoms with E-state index in [1.807, 2.05) is 19.9 Å². The average Bonchev–Trinajstić information content (AvgIpc) is 2.68. The Morgan fingerprint density at radius 1 is 1.07 bits per heavy atom. The molecule has 0 bridgehead atoms. The van der Waals surface area contributed by atoms with Gasteiger partial charge in [-0.1, -0.05) is 0 Å². The van der Waals surface area contributed by atoms with Crippen LogP contribution in [-0.4, -0.2) is 59.4 Å². The highest BCUT2D eigenvalue weighted by Crippen LogP contribution is 2.25. The lowest BCUT2D eigenvalue weighted by atomic mass is 10.0. The fourth-order valence-electron chi connectivity index (χ4n) is 3.43. The first-order valence-corrected chi connectivity index (χ1v) is 9.90. The molecule has 2 N–H and O–H groups in total. The number of nitrogens with zero attached hydrogens (tertiary/aromatic N) is 3. The zero-order chi connectivity index (χ0) is 20.8. The molecule has 2 heterocycles. The van der Waals surface area contributed by atoms with Crippen LogP contribution in [0.4, 0.5) is 5.95 Å². The first kappa shape index (κ1) is 21.0. The first-order valence-electron chi connectivity index (χ1n) is 9.90. The number of phenolic OH excluding ortho intramolecular Hbond substituents is 1. The topological polar surface area (TPSA) is 89.0 Å². The molecule has 1 aliphatic heterocycles. The fraction of sp³-hybridized carbons (Fsp3) is 0.524. The molecule has 0 saturated carbocycles. The van der Waals surface area contributed by atoms with Crippen molar-refractivity contribution in [1.29, 1.82) is 0 Å². The molecule has 2 aromatic rings. The number of likely N-dealkylation sites (tertiary alicyclic amines) is 1. The quantitative estimate of drug-likeness (QED) is 0.696. The van der Waals surface area contributed by atoms with Gasteiger partial charge in [0.05, 0.1) is 26.4 Å². The summed E-state index contributed by atoms with van der Waals surface area (Å²) >= 11 is 0. The van der Waals surface area contributed by atoms with Crippen molar-refractivity contribution < 1.29 is 19.3 Å². The van der Waals surface area contributed by atoms with E-state index in [2.05, 4.69) is 20.2 Å². The van der Waals surface area contributed by atoms with Gasteiger partial charge in [-0.05, 0) is 44.4 Å². The minimum absolute atomic E-state index is 0.0731. The minimum atomic E-state index is 0.0731. The molecule has 1 saturated heterocycles. The van der Waals surface area contributed by atoms with Gasteiger partial charge < -0.3 is 24.6 Å². The molecule has 29 heavy (non-hydrogen) atoms. The average molecular weight is 402 g/mol. The molecule has 1 aromatic heterocycles. The van der Waals surface area contributed by atoms with Crippen LogP contribution in [-0.2, 0) is 6.54 Å². The molecule has 158 valence electrons. The van der Waals surface area contributed by atoms with E-state index >= 15 is 0 Å².